The topological polar surface area (TPSA) is 179 Å². The van der Waals surface area contributed by atoms with E-state index in [1.54, 1.807) is 11.0 Å². The molecule has 14 heteroatoms. The van der Waals surface area contributed by atoms with Crippen LogP contribution in [-0.2, 0) is 19.2 Å². The first-order valence-electron chi connectivity index (χ1n) is 12.4. The Hall–Kier alpha value is -4.69. The molecule has 2 fully saturated rings. The predicted molar refractivity (Wildman–Crippen MR) is 154 cm³/mol. The number of aromatic nitrogens is 1. The number of hydrogen-bond donors (Lipinski definition) is 4. The van der Waals surface area contributed by atoms with Crippen LogP contribution in [-0.4, -0.2) is 73.3 Å². The fourth-order valence-corrected chi connectivity index (χ4v) is 7.06. The molecule has 0 spiro atoms. The molecule has 3 amide bonds. The number of carboxylic acids is 1. The highest BCUT2D eigenvalue weighted by molar-refractivity contribution is 8.00. The Morgan fingerprint density at radius 1 is 1.17 bits per heavy atom. The van der Waals surface area contributed by atoms with Crippen LogP contribution >= 0.6 is 23.1 Å². The van der Waals surface area contributed by atoms with E-state index < -0.39 is 34.9 Å². The van der Waals surface area contributed by atoms with Crippen LogP contribution in [0.15, 0.2) is 75.9 Å². The van der Waals surface area contributed by atoms with Crippen molar-refractivity contribution in [2.24, 2.45) is 5.16 Å². The minimum atomic E-state index is -1.31. The Kier molecular flexibility index (Phi) is 6.71. The van der Waals surface area contributed by atoms with Gasteiger partial charge in [0.25, 0.3) is 17.7 Å². The molecule has 0 unspecified atom stereocenters. The number of benzene rings is 2. The zero-order valence-corrected chi connectivity index (χ0v) is 22.8. The first-order valence-corrected chi connectivity index (χ1v) is 14.4. The number of thiazole rings is 1. The van der Waals surface area contributed by atoms with E-state index in [9.17, 15) is 29.5 Å². The van der Waals surface area contributed by atoms with Gasteiger partial charge in [0.15, 0.2) is 10.8 Å². The van der Waals surface area contributed by atoms with Crippen molar-refractivity contribution in [3.63, 3.8) is 0 Å². The van der Waals surface area contributed by atoms with E-state index in [2.05, 4.69) is 15.5 Å². The number of oxime groups is 1. The number of nitrogens with one attached hydrogen (secondary N) is 1. The number of nitrogen functional groups attached to an aromatic ring is 1. The zero-order chi connectivity index (χ0) is 28.8. The Morgan fingerprint density at radius 2 is 1.95 bits per heavy atom. The average Bonchev–Trinajstić information content (AvgIpc) is 3.56. The van der Waals surface area contributed by atoms with Crippen molar-refractivity contribution in [3.05, 3.63) is 76.5 Å². The van der Waals surface area contributed by atoms with Gasteiger partial charge >= 0.3 is 5.97 Å². The van der Waals surface area contributed by atoms with Crippen LogP contribution in [0, 0.1) is 0 Å². The maximum Gasteiger partial charge on any atom is 0.352 e. The lowest BCUT2D eigenvalue weighted by atomic mass is 10.0. The van der Waals surface area contributed by atoms with E-state index in [0.717, 1.165) is 32.7 Å². The molecular formula is C27H22N6O6S2. The Balaban J connectivity index is 1.23. The molecule has 2 atom stereocenters. The number of carbonyl (C=O) groups is 4. The maximum atomic E-state index is 13.4. The van der Waals surface area contributed by atoms with Gasteiger partial charge in [-0.2, -0.15) is 0 Å². The fraction of sp³-hybridized carbons (Fsp3) is 0.185. The van der Waals surface area contributed by atoms with E-state index in [1.807, 2.05) is 42.5 Å². The van der Waals surface area contributed by atoms with E-state index in [4.69, 9.17) is 5.73 Å². The van der Waals surface area contributed by atoms with Crippen LogP contribution < -0.4 is 16.0 Å². The molecule has 1 aromatic heterocycles. The number of carboxylic acid groups (broad SMARTS) is 1. The van der Waals surface area contributed by atoms with Crippen LogP contribution in [0.5, 0.6) is 0 Å². The van der Waals surface area contributed by atoms with Gasteiger partial charge in [0.2, 0.25) is 0 Å². The number of thioether (sulfide) groups is 1. The molecule has 5 N–H and O–H groups in total. The van der Waals surface area contributed by atoms with Crippen molar-refractivity contribution < 1.29 is 29.5 Å². The monoisotopic (exact) mass is 590 g/mol. The summed E-state index contributed by atoms with van der Waals surface area (Å²) < 4.78 is 0. The summed E-state index contributed by atoms with van der Waals surface area (Å²) in [5.74, 6) is -2.81. The first kappa shape index (κ1) is 26.5. The molecule has 12 nitrogen and oxygen atoms in total. The van der Waals surface area contributed by atoms with E-state index in [-0.39, 0.29) is 28.2 Å². The largest absolute Gasteiger partial charge is 0.477 e. The maximum absolute atomic E-state index is 13.4. The zero-order valence-electron chi connectivity index (χ0n) is 21.2. The molecule has 3 aromatic rings. The molecule has 0 radical (unpaired) electrons. The van der Waals surface area contributed by atoms with Gasteiger partial charge in [-0.1, -0.05) is 41.6 Å². The standard InChI is InChI=1S/C27H22N6O6S2/c28-27-29-17(12-41-27)19(31-39)22(34)30-20-24(36)33-21(26(37)38)15(11-40-25(20)33)10-14-8-9-32(23(14)35)18-7-3-5-13-4-1-2-6-16(13)18/h1-7,10,12,20,25,39H,8-9,11H2,(H2,28,29)(H,30,34)(H,37,38)/b14-10+,31-19-/t20-,25-/m1/s1. The second-order valence-corrected chi connectivity index (χ2v) is 11.4. The average molecular weight is 591 g/mol. The highest BCUT2D eigenvalue weighted by atomic mass is 32.2. The van der Waals surface area contributed by atoms with Crippen LogP contribution in [0.3, 0.4) is 0 Å². The highest BCUT2D eigenvalue weighted by Gasteiger charge is 2.54. The third-order valence-electron chi connectivity index (χ3n) is 7.10. The number of amides is 3. The highest BCUT2D eigenvalue weighted by Crippen LogP contribution is 2.41. The van der Waals surface area contributed by atoms with Gasteiger partial charge in [-0.25, -0.2) is 9.78 Å². The molecule has 3 aliphatic rings. The second kappa shape index (κ2) is 10.4. The van der Waals surface area contributed by atoms with E-state index >= 15 is 0 Å². The van der Waals surface area contributed by atoms with E-state index in [1.165, 1.54) is 17.1 Å². The van der Waals surface area contributed by atoms with Crippen molar-refractivity contribution in [2.75, 3.05) is 22.9 Å². The molecule has 0 bridgehead atoms. The summed E-state index contributed by atoms with van der Waals surface area (Å²) in [5, 5.41) is 27.7. The van der Waals surface area contributed by atoms with Crippen LogP contribution in [0.2, 0.25) is 0 Å². The number of nitrogens with zero attached hydrogens (tertiary/aromatic N) is 4. The number of carbonyl (C=O) groups excluding carboxylic acids is 3. The van der Waals surface area contributed by atoms with Gasteiger partial charge in [0.05, 0.1) is 5.69 Å². The van der Waals surface area contributed by atoms with Crippen molar-refractivity contribution in [2.45, 2.75) is 17.8 Å². The van der Waals surface area contributed by atoms with Crippen LogP contribution in [0.4, 0.5) is 10.8 Å². The number of allylic oxidation sites excluding steroid dienone is 1. The summed E-state index contributed by atoms with van der Waals surface area (Å²) in [6.45, 7) is 0.445. The van der Waals surface area contributed by atoms with Crippen molar-refractivity contribution in [1.29, 1.82) is 0 Å². The summed E-state index contributed by atoms with van der Waals surface area (Å²) in [6, 6.07) is 12.5. The Labute approximate surface area is 240 Å². The van der Waals surface area contributed by atoms with Crippen molar-refractivity contribution >= 4 is 74.1 Å². The number of anilines is 2. The van der Waals surface area contributed by atoms with Gasteiger partial charge in [0, 0.05) is 28.6 Å². The fourth-order valence-electron chi connectivity index (χ4n) is 5.20. The number of β-lactam (4-membered cyclic amide) rings is 1. The van der Waals surface area contributed by atoms with Gasteiger partial charge < -0.3 is 26.3 Å². The summed E-state index contributed by atoms with van der Waals surface area (Å²) in [4.78, 5) is 58.3. The van der Waals surface area contributed by atoms with Crippen molar-refractivity contribution in [1.82, 2.24) is 15.2 Å². The molecule has 0 aliphatic carbocycles. The van der Waals surface area contributed by atoms with E-state index in [0.29, 0.717) is 24.1 Å². The smallest absolute Gasteiger partial charge is 0.352 e. The van der Waals surface area contributed by atoms with Crippen LogP contribution in [0.1, 0.15) is 12.1 Å². The minimum Gasteiger partial charge on any atom is -0.477 e. The summed E-state index contributed by atoms with van der Waals surface area (Å²) >= 11 is 2.31. The molecular weight excluding hydrogens is 568 g/mol. The van der Waals surface area contributed by atoms with Gasteiger partial charge in [0.1, 0.15) is 22.8 Å². The minimum absolute atomic E-state index is 0.0474. The molecule has 0 saturated carbocycles. The predicted octanol–water partition coefficient (Wildman–Crippen LogP) is 2.16. The van der Waals surface area contributed by atoms with Gasteiger partial charge in [-0.15, -0.1) is 23.1 Å². The molecule has 41 heavy (non-hydrogen) atoms. The lowest BCUT2D eigenvalue weighted by Crippen LogP contribution is -2.71. The number of aliphatic carboxylic acids is 1. The summed E-state index contributed by atoms with van der Waals surface area (Å²) in [7, 11) is 0. The molecule has 2 saturated heterocycles. The molecule has 4 heterocycles. The number of rotatable bonds is 6. The number of nitrogens with two attached hydrogens (primary N) is 1. The molecule has 3 aliphatic heterocycles. The lowest BCUT2D eigenvalue weighted by molar-refractivity contribution is -0.150. The van der Waals surface area contributed by atoms with Gasteiger partial charge in [-0.05, 0) is 29.5 Å². The molecule has 6 rings (SSSR count). The Bertz CT molecular complexity index is 1720. The second-order valence-electron chi connectivity index (χ2n) is 9.43. The molecule has 208 valence electrons. The summed E-state index contributed by atoms with van der Waals surface area (Å²) in [5.41, 5.74) is 6.57. The lowest BCUT2D eigenvalue weighted by Gasteiger charge is -2.49. The number of hydrogen-bond acceptors (Lipinski definition) is 10. The molecule has 2 aromatic carbocycles. The normalized spacial score (nSPS) is 21.9. The summed E-state index contributed by atoms with van der Waals surface area (Å²) in [6.07, 6.45) is 1.99. The SMILES string of the molecule is Nc1nc(/C(=N/O)C(=O)N[C@@H]2C(=O)N3C(C(=O)O)=C(/C=C4\CCN(c5cccc6ccccc56)C4=O)CS[C@H]23)cs1. The third kappa shape index (κ3) is 4.50. The first-order chi connectivity index (χ1) is 19.8. The van der Waals surface area contributed by atoms with Gasteiger partial charge in [-0.3, -0.25) is 19.3 Å². The van der Waals surface area contributed by atoms with Crippen LogP contribution in [0.25, 0.3) is 10.8 Å². The quantitative estimate of drug-likeness (QED) is 0.110. The third-order valence-corrected chi connectivity index (χ3v) is 9.07. The Morgan fingerprint density at radius 3 is 2.68 bits per heavy atom. The van der Waals surface area contributed by atoms with Crippen molar-refractivity contribution in [3.8, 4) is 0 Å². The number of fused-ring (bicyclic) bond motifs is 2.